The Kier molecular flexibility index (Phi) is 8.29. The highest BCUT2D eigenvalue weighted by Gasteiger charge is 2.34. The van der Waals surface area contributed by atoms with Crippen LogP contribution in [0.1, 0.15) is 18.4 Å². The topological polar surface area (TPSA) is 110 Å². The molecule has 2 aromatic rings. The molecule has 0 bridgehead atoms. The highest BCUT2D eigenvalue weighted by Crippen LogP contribution is 2.29. The molecule has 3 rings (SSSR count). The molecule has 32 heavy (non-hydrogen) atoms. The first-order valence-corrected chi connectivity index (χ1v) is 10.5. The smallest absolute Gasteiger partial charge is 0.309 e. The molecule has 0 spiro atoms. The van der Waals surface area contributed by atoms with E-state index in [0.717, 1.165) is 11.3 Å². The van der Waals surface area contributed by atoms with Crippen LogP contribution in [0, 0.1) is 5.92 Å². The maximum Gasteiger partial charge on any atom is 0.309 e. The minimum atomic E-state index is -0.583. The Labute approximate surface area is 191 Å². The Bertz CT molecular complexity index is 1010. The van der Waals surface area contributed by atoms with Crippen molar-refractivity contribution in [2.24, 2.45) is 5.92 Å². The summed E-state index contributed by atoms with van der Waals surface area (Å²) in [6, 6.07) is 11.1. The summed E-state index contributed by atoms with van der Waals surface area (Å²) in [4.78, 5) is 29.5. The van der Waals surface area contributed by atoms with Gasteiger partial charge in [0.05, 0.1) is 31.4 Å². The number of aliphatic hydroxyl groups excluding tert-OH is 1. The Morgan fingerprint density at radius 2 is 2.03 bits per heavy atom. The van der Waals surface area contributed by atoms with E-state index < -0.39 is 11.9 Å². The number of para-hydroxylation sites is 1. The minimum absolute atomic E-state index is 0.0317. The first-order valence-electron chi connectivity index (χ1n) is 10.1. The molecule has 0 amide bonds. The van der Waals surface area contributed by atoms with Gasteiger partial charge in [0, 0.05) is 42.5 Å². The summed E-state index contributed by atoms with van der Waals surface area (Å²) in [5.74, 6) is -0.725. The molecule has 1 atom stereocenters. The van der Waals surface area contributed by atoms with Crippen molar-refractivity contribution in [3.8, 4) is 5.75 Å². The maximum absolute atomic E-state index is 13.0. The SMILES string of the molecule is COC(=O)C1CC(=O)C(C(=S)Nc2ccccc2)=C(NCc2ccncc2OCCO)C1. The number of ether oxygens (including phenoxy) is 2. The van der Waals surface area contributed by atoms with Crippen LogP contribution in [-0.4, -0.2) is 47.2 Å². The Morgan fingerprint density at radius 1 is 1.25 bits per heavy atom. The van der Waals surface area contributed by atoms with Gasteiger partial charge in [0.2, 0.25) is 0 Å². The summed E-state index contributed by atoms with van der Waals surface area (Å²) in [6.07, 6.45) is 3.52. The molecular weight excluding hydrogens is 430 g/mol. The van der Waals surface area contributed by atoms with Gasteiger partial charge < -0.3 is 25.2 Å². The van der Waals surface area contributed by atoms with Crippen LogP contribution < -0.4 is 15.4 Å². The van der Waals surface area contributed by atoms with Crippen molar-refractivity contribution in [1.29, 1.82) is 0 Å². The summed E-state index contributed by atoms with van der Waals surface area (Å²) in [7, 11) is 1.31. The number of allylic oxidation sites excluding steroid dienone is 1. The zero-order chi connectivity index (χ0) is 22.9. The number of aliphatic hydroxyl groups is 1. The number of thiocarbonyl (C=S) groups is 1. The molecule has 1 unspecified atom stereocenters. The van der Waals surface area contributed by atoms with Gasteiger partial charge in [-0.25, -0.2) is 0 Å². The highest BCUT2D eigenvalue weighted by molar-refractivity contribution is 7.81. The number of rotatable bonds is 9. The van der Waals surface area contributed by atoms with Gasteiger partial charge in [0.15, 0.2) is 5.78 Å². The van der Waals surface area contributed by atoms with Crippen molar-refractivity contribution in [1.82, 2.24) is 10.3 Å². The standard InChI is InChI=1S/C23H25N3O5S/c1-30-23(29)16-11-18(25-13-15-7-8-24-14-20(15)31-10-9-27)21(19(28)12-16)22(32)26-17-5-3-2-4-6-17/h2-8,14,16,25,27H,9-13H2,1H3,(H,26,32). The number of pyridine rings is 1. The fourth-order valence-electron chi connectivity index (χ4n) is 3.43. The van der Waals surface area contributed by atoms with Crippen LogP contribution in [0.25, 0.3) is 0 Å². The van der Waals surface area contributed by atoms with Crippen LogP contribution in [-0.2, 0) is 20.9 Å². The first-order chi connectivity index (χ1) is 15.5. The number of benzene rings is 1. The largest absolute Gasteiger partial charge is 0.489 e. The van der Waals surface area contributed by atoms with Crippen molar-refractivity contribution >= 4 is 34.6 Å². The molecule has 8 nitrogen and oxygen atoms in total. The van der Waals surface area contributed by atoms with Crippen LogP contribution in [0.3, 0.4) is 0 Å². The number of nitrogens with one attached hydrogen (secondary N) is 2. The van der Waals surface area contributed by atoms with Crippen LogP contribution in [0.4, 0.5) is 5.69 Å². The normalized spacial score (nSPS) is 15.8. The van der Waals surface area contributed by atoms with E-state index in [1.165, 1.54) is 7.11 Å². The van der Waals surface area contributed by atoms with Gasteiger partial charge in [0.1, 0.15) is 17.3 Å². The van der Waals surface area contributed by atoms with Gasteiger partial charge in [0.25, 0.3) is 0 Å². The Hall–Kier alpha value is -3.30. The van der Waals surface area contributed by atoms with E-state index >= 15 is 0 Å². The fourth-order valence-corrected chi connectivity index (χ4v) is 3.78. The predicted octanol–water partition coefficient (Wildman–Crippen LogP) is 2.39. The van der Waals surface area contributed by atoms with Gasteiger partial charge in [-0.1, -0.05) is 30.4 Å². The minimum Gasteiger partial charge on any atom is -0.489 e. The summed E-state index contributed by atoms with van der Waals surface area (Å²) in [6.45, 7) is 0.337. The molecule has 1 aromatic carbocycles. The summed E-state index contributed by atoms with van der Waals surface area (Å²) >= 11 is 5.55. The van der Waals surface area contributed by atoms with E-state index in [9.17, 15) is 9.59 Å². The van der Waals surface area contributed by atoms with Crippen molar-refractivity contribution in [3.63, 3.8) is 0 Å². The zero-order valence-corrected chi connectivity index (χ0v) is 18.5. The first kappa shape index (κ1) is 23.4. The number of hydrogen-bond donors (Lipinski definition) is 3. The Morgan fingerprint density at radius 3 is 2.75 bits per heavy atom. The van der Waals surface area contributed by atoms with Crippen molar-refractivity contribution < 1.29 is 24.2 Å². The molecule has 1 aliphatic carbocycles. The van der Waals surface area contributed by atoms with Crippen LogP contribution in [0.2, 0.25) is 0 Å². The van der Waals surface area contributed by atoms with Gasteiger partial charge in [-0.15, -0.1) is 0 Å². The second kappa shape index (κ2) is 11.4. The lowest BCUT2D eigenvalue weighted by Crippen LogP contribution is -2.35. The van der Waals surface area contributed by atoms with Crippen LogP contribution in [0.5, 0.6) is 5.75 Å². The van der Waals surface area contributed by atoms with E-state index in [2.05, 4.69) is 15.6 Å². The number of aromatic nitrogens is 1. The van der Waals surface area contributed by atoms with E-state index in [-0.39, 0.29) is 25.4 Å². The summed E-state index contributed by atoms with van der Waals surface area (Å²) in [5, 5.41) is 15.4. The number of esters is 1. The number of hydrogen-bond acceptors (Lipinski definition) is 8. The average molecular weight is 456 g/mol. The number of nitrogens with zero attached hydrogens (tertiary/aromatic N) is 1. The molecule has 1 aliphatic rings. The highest BCUT2D eigenvalue weighted by atomic mass is 32.1. The molecule has 1 heterocycles. The molecular formula is C23H25N3O5S. The van der Waals surface area contributed by atoms with Gasteiger partial charge >= 0.3 is 5.97 Å². The van der Waals surface area contributed by atoms with Crippen molar-refractivity contribution in [2.45, 2.75) is 19.4 Å². The quantitative estimate of drug-likeness (QED) is 0.388. The maximum atomic E-state index is 13.0. The van der Waals surface area contributed by atoms with Gasteiger partial charge in [-0.2, -0.15) is 0 Å². The lowest BCUT2D eigenvalue weighted by Gasteiger charge is -2.26. The third kappa shape index (κ3) is 5.89. The molecule has 168 valence electrons. The number of carbonyl (C=O) groups excluding carboxylic acids is 2. The zero-order valence-electron chi connectivity index (χ0n) is 17.7. The number of anilines is 1. The van der Waals surface area contributed by atoms with Crippen molar-refractivity contribution in [3.05, 3.63) is 65.6 Å². The summed E-state index contributed by atoms with van der Waals surface area (Å²) in [5.41, 5.74) is 2.47. The number of methoxy groups -OCH3 is 1. The lowest BCUT2D eigenvalue weighted by atomic mass is 9.85. The van der Waals surface area contributed by atoms with Crippen LogP contribution in [0.15, 0.2) is 60.1 Å². The Balaban J connectivity index is 1.87. The van der Waals surface area contributed by atoms with Gasteiger partial charge in [-0.3, -0.25) is 14.6 Å². The second-order valence-electron chi connectivity index (χ2n) is 7.13. The second-order valence-corrected chi connectivity index (χ2v) is 7.54. The fraction of sp³-hybridized carbons (Fsp3) is 0.304. The molecule has 0 saturated carbocycles. The number of Topliss-reactive ketones (excluding diaryl/α,β-unsaturated/α-hetero) is 1. The van der Waals surface area contributed by atoms with Gasteiger partial charge in [-0.05, 0) is 18.2 Å². The average Bonchev–Trinajstić information content (AvgIpc) is 2.81. The molecule has 0 radical (unpaired) electrons. The molecule has 3 N–H and O–H groups in total. The number of carbonyl (C=O) groups is 2. The third-order valence-corrected chi connectivity index (χ3v) is 5.27. The van der Waals surface area contributed by atoms with E-state index in [1.807, 2.05) is 30.3 Å². The van der Waals surface area contributed by atoms with E-state index in [4.69, 9.17) is 26.8 Å². The molecule has 0 saturated heterocycles. The molecule has 1 aromatic heterocycles. The lowest BCUT2D eigenvalue weighted by molar-refractivity contribution is -0.147. The third-order valence-electron chi connectivity index (χ3n) is 4.97. The summed E-state index contributed by atoms with van der Waals surface area (Å²) < 4.78 is 10.4. The van der Waals surface area contributed by atoms with Crippen molar-refractivity contribution in [2.75, 3.05) is 25.6 Å². The molecule has 0 fully saturated rings. The van der Waals surface area contributed by atoms with E-state index in [1.54, 1.807) is 18.5 Å². The molecule has 0 aliphatic heterocycles. The van der Waals surface area contributed by atoms with E-state index in [0.29, 0.717) is 35.0 Å². The number of ketones is 1. The predicted molar refractivity (Wildman–Crippen MR) is 123 cm³/mol. The van der Waals surface area contributed by atoms with Crippen LogP contribution >= 0.6 is 12.2 Å². The molecule has 9 heteroatoms. The monoisotopic (exact) mass is 455 g/mol.